The Morgan fingerprint density at radius 3 is 2.83 bits per heavy atom. The maximum atomic E-state index is 11.9. The van der Waals surface area contributed by atoms with Crippen LogP contribution >= 0.6 is 11.3 Å². The fourth-order valence-electron chi connectivity index (χ4n) is 2.01. The van der Waals surface area contributed by atoms with E-state index in [2.05, 4.69) is 10.3 Å². The van der Waals surface area contributed by atoms with E-state index in [0.29, 0.717) is 11.7 Å². The summed E-state index contributed by atoms with van der Waals surface area (Å²) >= 11 is 1.35. The molecule has 6 heteroatoms. The van der Waals surface area contributed by atoms with Crippen LogP contribution in [0.5, 0.6) is 5.75 Å². The average Bonchev–Trinajstić information content (AvgIpc) is 2.96. The van der Waals surface area contributed by atoms with E-state index in [4.69, 9.17) is 4.74 Å². The highest BCUT2D eigenvalue weighted by atomic mass is 32.1. The van der Waals surface area contributed by atoms with Crippen LogP contribution < -0.4 is 10.1 Å². The number of hydrogen-bond donors (Lipinski definition) is 2. The number of nitrogens with one attached hydrogen (secondary N) is 1. The summed E-state index contributed by atoms with van der Waals surface area (Å²) in [7, 11) is 0. The summed E-state index contributed by atoms with van der Waals surface area (Å²) < 4.78 is 5.60. The monoisotopic (exact) mass is 334 g/mol. The van der Waals surface area contributed by atoms with Crippen molar-refractivity contribution < 1.29 is 14.6 Å². The third-order valence-electron chi connectivity index (χ3n) is 3.38. The Balaban J connectivity index is 2.08. The Bertz CT molecular complexity index is 655. The smallest absolute Gasteiger partial charge is 0.228 e. The number of nitrogens with zero attached hydrogens (tertiary/aromatic N) is 1. The molecule has 0 radical (unpaired) electrons. The van der Waals surface area contributed by atoms with E-state index < -0.39 is 6.10 Å². The van der Waals surface area contributed by atoms with Gasteiger partial charge in [-0.3, -0.25) is 4.79 Å². The highest BCUT2D eigenvalue weighted by Crippen LogP contribution is 2.32. The van der Waals surface area contributed by atoms with E-state index in [9.17, 15) is 9.90 Å². The van der Waals surface area contributed by atoms with Gasteiger partial charge >= 0.3 is 0 Å². The average molecular weight is 334 g/mol. The van der Waals surface area contributed by atoms with Gasteiger partial charge in [0.05, 0.1) is 24.8 Å². The van der Waals surface area contributed by atoms with Crippen molar-refractivity contribution in [3.8, 4) is 17.0 Å². The second-order valence-corrected chi connectivity index (χ2v) is 6.39. The van der Waals surface area contributed by atoms with Crippen LogP contribution in [0.15, 0.2) is 29.6 Å². The molecular formula is C17H22N2O3S. The number of aromatic nitrogens is 1. The van der Waals surface area contributed by atoms with E-state index >= 15 is 0 Å². The zero-order valence-electron chi connectivity index (χ0n) is 13.6. The van der Waals surface area contributed by atoms with Crippen LogP contribution in [0.25, 0.3) is 11.3 Å². The van der Waals surface area contributed by atoms with Crippen molar-refractivity contribution >= 4 is 22.4 Å². The van der Waals surface area contributed by atoms with Crippen LogP contribution in [-0.2, 0) is 4.79 Å². The number of anilines is 1. The summed E-state index contributed by atoms with van der Waals surface area (Å²) in [5.74, 6) is 0.587. The van der Waals surface area contributed by atoms with Gasteiger partial charge in [0.25, 0.3) is 0 Å². The zero-order chi connectivity index (χ0) is 16.8. The van der Waals surface area contributed by atoms with Crippen LogP contribution in [0.3, 0.4) is 0 Å². The topological polar surface area (TPSA) is 71.5 Å². The third kappa shape index (κ3) is 4.77. The number of amides is 1. The Hall–Kier alpha value is -1.92. The van der Waals surface area contributed by atoms with Crippen molar-refractivity contribution in [1.82, 2.24) is 4.98 Å². The zero-order valence-corrected chi connectivity index (χ0v) is 14.4. The molecule has 1 atom stereocenters. The first-order valence-corrected chi connectivity index (χ1v) is 8.54. The molecule has 0 fully saturated rings. The molecule has 2 rings (SSSR count). The van der Waals surface area contributed by atoms with Crippen molar-refractivity contribution in [1.29, 1.82) is 0 Å². The summed E-state index contributed by atoms with van der Waals surface area (Å²) in [6, 6.07) is 7.68. The number of benzene rings is 1. The highest BCUT2D eigenvalue weighted by Gasteiger charge is 2.16. The molecule has 0 aliphatic heterocycles. The lowest BCUT2D eigenvalue weighted by atomic mass is 10.0. The van der Waals surface area contributed by atoms with E-state index in [1.807, 2.05) is 50.4 Å². The summed E-state index contributed by atoms with van der Waals surface area (Å²) in [5.41, 5.74) is 1.66. The molecule has 2 aromatic rings. The summed E-state index contributed by atoms with van der Waals surface area (Å²) in [6.07, 6.45) is -0.574. The molecule has 0 bridgehead atoms. The largest absolute Gasteiger partial charge is 0.493 e. The Morgan fingerprint density at radius 2 is 2.13 bits per heavy atom. The van der Waals surface area contributed by atoms with Gasteiger partial charge in [0.15, 0.2) is 5.13 Å². The molecule has 0 saturated heterocycles. The highest BCUT2D eigenvalue weighted by molar-refractivity contribution is 7.14. The molecular weight excluding hydrogens is 312 g/mol. The lowest BCUT2D eigenvalue weighted by Crippen LogP contribution is -2.23. The predicted molar refractivity (Wildman–Crippen MR) is 92.8 cm³/mol. The van der Waals surface area contributed by atoms with Gasteiger partial charge in [0, 0.05) is 10.9 Å². The van der Waals surface area contributed by atoms with Crippen LogP contribution in [0.2, 0.25) is 0 Å². The molecule has 2 N–H and O–H groups in total. The quantitative estimate of drug-likeness (QED) is 0.812. The first-order valence-electron chi connectivity index (χ1n) is 7.67. The van der Waals surface area contributed by atoms with Gasteiger partial charge in [-0.05, 0) is 25.0 Å². The SMILES string of the molecule is CCOc1ccccc1-c1csc(NC(=O)CC(O)C(C)C)n1. The molecule has 0 spiro atoms. The van der Waals surface area contributed by atoms with E-state index in [1.54, 1.807) is 0 Å². The molecule has 0 aliphatic carbocycles. The van der Waals surface area contributed by atoms with Gasteiger partial charge in [-0.25, -0.2) is 4.98 Å². The van der Waals surface area contributed by atoms with Crippen LogP contribution in [-0.4, -0.2) is 28.7 Å². The maximum absolute atomic E-state index is 11.9. The Kier molecular flexibility index (Phi) is 6.12. The second kappa shape index (κ2) is 8.08. The second-order valence-electron chi connectivity index (χ2n) is 5.53. The van der Waals surface area contributed by atoms with Gasteiger partial charge in [0.1, 0.15) is 5.75 Å². The number of thiazole rings is 1. The number of aliphatic hydroxyl groups excluding tert-OH is 1. The van der Waals surface area contributed by atoms with Crippen LogP contribution in [0, 0.1) is 5.92 Å². The summed E-state index contributed by atoms with van der Waals surface area (Å²) in [4.78, 5) is 16.4. The minimum Gasteiger partial charge on any atom is -0.493 e. The fraction of sp³-hybridized carbons (Fsp3) is 0.412. The number of ether oxygens (including phenoxy) is 1. The van der Waals surface area contributed by atoms with Crippen molar-refractivity contribution in [2.75, 3.05) is 11.9 Å². The van der Waals surface area contributed by atoms with Crippen LogP contribution in [0.4, 0.5) is 5.13 Å². The lowest BCUT2D eigenvalue weighted by Gasteiger charge is -2.13. The third-order valence-corrected chi connectivity index (χ3v) is 4.14. The molecule has 0 saturated carbocycles. The molecule has 5 nitrogen and oxygen atoms in total. The van der Waals surface area contributed by atoms with Gasteiger partial charge in [-0.1, -0.05) is 26.0 Å². The maximum Gasteiger partial charge on any atom is 0.228 e. The van der Waals surface area contributed by atoms with E-state index in [1.165, 1.54) is 11.3 Å². The summed E-state index contributed by atoms with van der Waals surface area (Å²) in [5, 5.41) is 14.9. The van der Waals surface area contributed by atoms with Crippen molar-refractivity contribution in [2.45, 2.75) is 33.3 Å². The molecule has 1 unspecified atom stereocenters. The molecule has 1 amide bonds. The van der Waals surface area contributed by atoms with Crippen LogP contribution in [0.1, 0.15) is 27.2 Å². The first kappa shape index (κ1) is 17.4. The van der Waals surface area contributed by atoms with Gasteiger partial charge < -0.3 is 15.2 Å². The number of aliphatic hydroxyl groups is 1. The van der Waals surface area contributed by atoms with Crippen molar-refractivity contribution in [3.63, 3.8) is 0 Å². The van der Waals surface area contributed by atoms with Gasteiger partial charge in [0.2, 0.25) is 5.91 Å². The lowest BCUT2D eigenvalue weighted by molar-refractivity contribution is -0.118. The minimum absolute atomic E-state index is 0.0469. The van der Waals surface area contributed by atoms with E-state index in [0.717, 1.165) is 17.0 Å². The minimum atomic E-state index is -0.645. The number of para-hydroxylation sites is 1. The summed E-state index contributed by atoms with van der Waals surface area (Å²) in [6.45, 7) is 6.27. The molecule has 0 aliphatic rings. The van der Waals surface area contributed by atoms with Crippen molar-refractivity contribution in [3.05, 3.63) is 29.6 Å². The fourth-order valence-corrected chi connectivity index (χ4v) is 2.74. The number of carbonyl (C=O) groups is 1. The standard InChI is InChI=1S/C17H22N2O3S/c1-4-22-15-8-6-5-7-12(15)13-10-23-17(18-13)19-16(21)9-14(20)11(2)3/h5-8,10-11,14,20H,4,9H2,1-3H3,(H,18,19,21). The van der Waals surface area contributed by atoms with Gasteiger partial charge in [-0.15, -0.1) is 11.3 Å². The number of rotatable bonds is 7. The molecule has 1 aromatic carbocycles. The Labute approximate surface area is 140 Å². The molecule has 23 heavy (non-hydrogen) atoms. The Morgan fingerprint density at radius 1 is 1.39 bits per heavy atom. The normalized spacial score (nSPS) is 12.2. The molecule has 1 aromatic heterocycles. The van der Waals surface area contributed by atoms with E-state index in [-0.39, 0.29) is 18.2 Å². The molecule has 124 valence electrons. The van der Waals surface area contributed by atoms with Crippen molar-refractivity contribution in [2.24, 2.45) is 5.92 Å². The number of carbonyl (C=O) groups excluding carboxylic acids is 1. The first-order chi connectivity index (χ1) is 11.0. The molecule has 1 heterocycles. The van der Waals surface area contributed by atoms with Gasteiger partial charge in [-0.2, -0.15) is 0 Å². The number of hydrogen-bond acceptors (Lipinski definition) is 5. The predicted octanol–water partition coefficient (Wildman–Crippen LogP) is 3.55.